The first-order chi connectivity index (χ1) is 15.2. The number of Topliss-reactive ketones (excluding diaryl/α,β-unsaturated/α-hetero) is 1. The third-order valence-corrected chi connectivity index (χ3v) is 6.69. The van der Waals surface area contributed by atoms with Crippen molar-refractivity contribution in [2.75, 3.05) is 24.2 Å². The van der Waals surface area contributed by atoms with Crippen LogP contribution in [-0.2, 0) is 16.9 Å². The van der Waals surface area contributed by atoms with Gasteiger partial charge in [-0.05, 0) is 31.0 Å². The second-order valence-corrected chi connectivity index (χ2v) is 9.90. The van der Waals surface area contributed by atoms with Crippen LogP contribution in [0.25, 0.3) is 11.4 Å². The molecule has 0 radical (unpaired) electrons. The van der Waals surface area contributed by atoms with Gasteiger partial charge in [0.15, 0.2) is 15.6 Å². The van der Waals surface area contributed by atoms with Crippen molar-refractivity contribution < 1.29 is 13.2 Å². The van der Waals surface area contributed by atoms with Crippen LogP contribution >= 0.6 is 0 Å². The second kappa shape index (κ2) is 8.62. The van der Waals surface area contributed by atoms with Crippen LogP contribution in [-0.4, -0.2) is 53.1 Å². The number of rotatable bonds is 5. The van der Waals surface area contributed by atoms with Gasteiger partial charge in [0, 0.05) is 50.1 Å². The summed E-state index contributed by atoms with van der Waals surface area (Å²) in [5.41, 5.74) is 1.13. The zero-order valence-electron chi connectivity index (χ0n) is 17.8. The Balaban J connectivity index is 1.63. The average molecular weight is 454 g/mol. The summed E-state index contributed by atoms with van der Waals surface area (Å²) in [7, 11) is -1.76. The molecule has 10 heteroatoms. The third-order valence-electron chi connectivity index (χ3n) is 5.58. The highest BCUT2D eigenvalue weighted by Crippen LogP contribution is 2.26. The summed E-state index contributed by atoms with van der Waals surface area (Å²) in [5.74, 6) is 0.0174. The van der Waals surface area contributed by atoms with E-state index in [1.54, 1.807) is 31.4 Å². The van der Waals surface area contributed by atoms with Crippen LogP contribution in [0, 0.1) is 5.92 Å². The van der Waals surface area contributed by atoms with Crippen LogP contribution < -0.4 is 10.5 Å². The molecule has 4 rings (SSSR count). The van der Waals surface area contributed by atoms with Crippen molar-refractivity contribution in [1.29, 1.82) is 0 Å². The molecular formula is C22H23N5O4S. The Kier molecular flexibility index (Phi) is 5.88. The number of benzene rings is 1. The summed E-state index contributed by atoms with van der Waals surface area (Å²) >= 11 is 0. The fourth-order valence-electron chi connectivity index (χ4n) is 3.87. The predicted molar refractivity (Wildman–Crippen MR) is 119 cm³/mol. The van der Waals surface area contributed by atoms with Gasteiger partial charge in [-0.15, -0.1) is 0 Å². The van der Waals surface area contributed by atoms with Crippen molar-refractivity contribution >= 4 is 21.6 Å². The van der Waals surface area contributed by atoms with E-state index in [9.17, 15) is 18.0 Å². The first kappa shape index (κ1) is 21.8. The van der Waals surface area contributed by atoms with Crippen LogP contribution in [0.3, 0.4) is 0 Å². The van der Waals surface area contributed by atoms with E-state index in [0.717, 1.165) is 12.7 Å². The molecule has 3 heterocycles. The summed E-state index contributed by atoms with van der Waals surface area (Å²) < 4.78 is 25.2. The maximum absolute atomic E-state index is 13.2. The van der Waals surface area contributed by atoms with Crippen molar-refractivity contribution in [3.8, 4) is 11.4 Å². The van der Waals surface area contributed by atoms with E-state index in [1.807, 2.05) is 4.90 Å². The quantitative estimate of drug-likeness (QED) is 0.537. The fraction of sp³-hybridized carbons (Fsp3) is 0.318. The number of piperidine rings is 1. The highest BCUT2D eigenvalue weighted by atomic mass is 32.2. The van der Waals surface area contributed by atoms with E-state index in [1.165, 1.54) is 29.1 Å². The normalized spacial score (nSPS) is 16.7. The van der Waals surface area contributed by atoms with E-state index in [4.69, 9.17) is 0 Å². The number of carbonyl (C=O) groups is 1. The summed E-state index contributed by atoms with van der Waals surface area (Å²) in [6.07, 6.45) is 5.53. The topological polar surface area (TPSA) is 115 Å². The molecule has 1 aliphatic heterocycles. The van der Waals surface area contributed by atoms with Crippen molar-refractivity contribution in [2.24, 2.45) is 13.0 Å². The van der Waals surface area contributed by atoms with Gasteiger partial charge in [0.1, 0.15) is 6.33 Å². The van der Waals surface area contributed by atoms with Gasteiger partial charge in [0.25, 0.3) is 5.56 Å². The van der Waals surface area contributed by atoms with Crippen molar-refractivity contribution in [3.05, 3.63) is 64.8 Å². The zero-order valence-corrected chi connectivity index (χ0v) is 18.6. The minimum atomic E-state index is -3.41. The molecule has 32 heavy (non-hydrogen) atoms. The molecule has 0 aliphatic carbocycles. The number of aromatic nitrogens is 4. The molecule has 0 saturated carbocycles. The first-order valence-electron chi connectivity index (χ1n) is 10.2. The SMILES string of the molecule is Cn1c(N2CCCC(C(=O)c3cccc(S(C)(=O)=O)c3)C2)nc(-c2ccncn2)cc1=O. The summed E-state index contributed by atoms with van der Waals surface area (Å²) in [6.45, 7) is 1.04. The van der Waals surface area contributed by atoms with Gasteiger partial charge in [-0.2, -0.15) is 0 Å². The highest BCUT2D eigenvalue weighted by molar-refractivity contribution is 7.90. The minimum absolute atomic E-state index is 0.114. The van der Waals surface area contributed by atoms with Crippen LogP contribution in [0.15, 0.2) is 58.6 Å². The van der Waals surface area contributed by atoms with Gasteiger partial charge in [0.05, 0.1) is 16.3 Å². The molecule has 0 N–H and O–H groups in total. The van der Waals surface area contributed by atoms with Crippen LogP contribution in [0.1, 0.15) is 23.2 Å². The Morgan fingerprint density at radius 2 is 1.97 bits per heavy atom. The number of sulfone groups is 1. The number of hydrogen-bond acceptors (Lipinski definition) is 8. The molecule has 9 nitrogen and oxygen atoms in total. The molecule has 0 amide bonds. The Hall–Kier alpha value is -3.40. The standard InChI is InChI=1S/C22H23N5O4S/c1-26-20(28)12-19(18-8-9-23-14-24-18)25-22(26)27-10-4-6-16(13-27)21(29)15-5-3-7-17(11-15)32(2,30)31/h3,5,7-9,11-12,14,16H,4,6,10,13H2,1-2H3. The lowest BCUT2D eigenvalue weighted by molar-refractivity contribution is 0.0906. The summed E-state index contributed by atoms with van der Waals surface area (Å²) in [6, 6.07) is 9.25. The number of nitrogens with zero attached hydrogens (tertiary/aromatic N) is 5. The number of carbonyl (C=O) groups excluding carboxylic acids is 1. The maximum atomic E-state index is 13.2. The number of ketones is 1. The molecule has 1 aliphatic rings. The van der Waals surface area contributed by atoms with Gasteiger partial charge in [-0.1, -0.05) is 12.1 Å². The molecule has 1 aromatic carbocycles. The van der Waals surface area contributed by atoms with Gasteiger partial charge in [-0.3, -0.25) is 14.2 Å². The highest BCUT2D eigenvalue weighted by Gasteiger charge is 2.29. The molecule has 0 bridgehead atoms. The Morgan fingerprint density at radius 3 is 2.69 bits per heavy atom. The maximum Gasteiger partial charge on any atom is 0.255 e. The Bertz CT molecular complexity index is 1320. The molecule has 1 saturated heterocycles. The molecule has 2 aromatic heterocycles. The smallest absolute Gasteiger partial charge is 0.255 e. The van der Waals surface area contributed by atoms with Crippen LogP contribution in [0.5, 0.6) is 0 Å². The molecule has 0 spiro atoms. The summed E-state index contributed by atoms with van der Waals surface area (Å²) in [4.78, 5) is 40.5. The molecule has 1 unspecified atom stereocenters. The van der Waals surface area contributed by atoms with E-state index >= 15 is 0 Å². The largest absolute Gasteiger partial charge is 0.341 e. The van der Waals surface area contributed by atoms with Crippen LogP contribution in [0.4, 0.5) is 5.95 Å². The molecule has 1 atom stereocenters. The first-order valence-corrected chi connectivity index (χ1v) is 12.1. The van der Waals surface area contributed by atoms with E-state index in [0.29, 0.717) is 42.4 Å². The average Bonchev–Trinajstić information content (AvgIpc) is 2.80. The van der Waals surface area contributed by atoms with Gasteiger partial charge >= 0.3 is 0 Å². The van der Waals surface area contributed by atoms with Gasteiger partial charge in [-0.25, -0.2) is 23.4 Å². The van der Waals surface area contributed by atoms with Crippen molar-refractivity contribution in [2.45, 2.75) is 17.7 Å². The number of hydrogen-bond donors (Lipinski definition) is 0. The monoisotopic (exact) mass is 453 g/mol. The number of anilines is 1. The lowest BCUT2D eigenvalue weighted by Crippen LogP contribution is -2.42. The van der Waals surface area contributed by atoms with E-state index < -0.39 is 9.84 Å². The Labute approximate surface area is 185 Å². The van der Waals surface area contributed by atoms with Gasteiger partial charge in [0.2, 0.25) is 5.95 Å². The molecule has 1 fully saturated rings. The van der Waals surface area contributed by atoms with Crippen LogP contribution in [0.2, 0.25) is 0 Å². The van der Waals surface area contributed by atoms with Crippen molar-refractivity contribution in [3.63, 3.8) is 0 Å². The Morgan fingerprint density at radius 1 is 1.16 bits per heavy atom. The zero-order chi connectivity index (χ0) is 22.9. The minimum Gasteiger partial charge on any atom is -0.341 e. The molecule has 166 valence electrons. The lowest BCUT2D eigenvalue weighted by atomic mass is 9.90. The van der Waals surface area contributed by atoms with Gasteiger partial charge < -0.3 is 4.90 Å². The van der Waals surface area contributed by atoms with E-state index in [-0.39, 0.29) is 22.2 Å². The fourth-order valence-corrected chi connectivity index (χ4v) is 4.54. The predicted octanol–water partition coefficient (Wildman–Crippen LogP) is 1.74. The third kappa shape index (κ3) is 4.45. The van der Waals surface area contributed by atoms with Crippen molar-refractivity contribution in [1.82, 2.24) is 19.5 Å². The lowest BCUT2D eigenvalue weighted by Gasteiger charge is -2.33. The molecule has 3 aromatic rings. The summed E-state index contributed by atoms with van der Waals surface area (Å²) in [5, 5.41) is 0. The second-order valence-electron chi connectivity index (χ2n) is 7.88. The molecular weight excluding hydrogens is 430 g/mol. The van der Waals surface area contributed by atoms with E-state index in [2.05, 4.69) is 15.0 Å².